The summed E-state index contributed by atoms with van der Waals surface area (Å²) in [5, 5.41) is 2.70. The predicted octanol–water partition coefficient (Wildman–Crippen LogP) is 2.98. The van der Waals surface area contributed by atoms with Gasteiger partial charge in [-0.25, -0.2) is 0 Å². The molecule has 2 aromatic rings. The second-order valence-corrected chi connectivity index (χ2v) is 5.78. The van der Waals surface area contributed by atoms with Gasteiger partial charge in [0.25, 0.3) is 0 Å². The van der Waals surface area contributed by atoms with Crippen LogP contribution < -0.4 is 5.32 Å². The number of hydrogen-bond acceptors (Lipinski definition) is 2. The summed E-state index contributed by atoms with van der Waals surface area (Å²) in [6.45, 7) is 4.35. The Morgan fingerprint density at radius 2 is 2.00 bits per heavy atom. The molecule has 0 fully saturated rings. The van der Waals surface area contributed by atoms with Gasteiger partial charge in [0, 0.05) is 19.8 Å². The van der Waals surface area contributed by atoms with Crippen LogP contribution in [0, 0.1) is 10.2 Å². The fourth-order valence-corrected chi connectivity index (χ4v) is 2.43. The Kier molecular flexibility index (Phi) is 4.09. The number of aromatic nitrogens is 2. The zero-order chi connectivity index (χ0) is 14.8. The lowest BCUT2D eigenvalue weighted by Gasteiger charge is -2.24. The highest BCUT2D eigenvalue weighted by molar-refractivity contribution is 7.71. The lowest BCUT2D eigenvalue weighted by atomic mass is 9.92. The van der Waals surface area contributed by atoms with Crippen LogP contribution in [0.1, 0.15) is 13.8 Å². The molecular formula is C15H19N3OS. The number of nitrogens with one attached hydrogen (secondary N) is 2. The highest BCUT2D eigenvalue weighted by atomic mass is 32.1. The quantitative estimate of drug-likeness (QED) is 0.850. The van der Waals surface area contributed by atoms with E-state index in [4.69, 9.17) is 12.2 Å². The van der Waals surface area contributed by atoms with Crippen molar-refractivity contribution < 1.29 is 4.79 Å². The van der Waals surface area contributed by atoms with Gasteiger partial charge < -0.3 is 14.9 Å². The van der Waals surface area contributed by atoms with E-state index < -0.39 is 5.41 Å². The number of hydrogen-bond donors (Lipinski definition) is 2. The standard InChI is InChI=1S/C15H19N3OS/c1-15(2,13(19)16-3)10-18-12(9-17-14(18)20)11-7-5-4-6-8-11/h4-9H,10H2,1-3H3,(H,16,19)(H,17,20). The van der Waals surface area contributed by atoms with Crippen molar-refractivity contribution in [1.29, 1.82) is 0 Å². The van der Waals surface area contributed by atoms with E-state index in [9.17, 15) is 4.79 Å². The number of benzene rings is 1. The summed E-state index contributed by atoms with van der Waals surface area (Å²) in [4.78, 5) is 15.0. The molecule has 0 saturated carbocycles. The second kappa shape index (κ2) is 5.63. The normalized spacial score (nSPS) is 11.3. The maximum atomic E-state index is 12.0. The van der Waals surface area contributed by atoms with Crippen LogP contribution in [0.4, 0.5) is 0 Å². The van der Waals surface area contributed by atoms with Gasteiger partial charge in [-0.2, -0.15) is 0 Å². The summed E-state index contributed by atoms with van der Waals surface area (Å²) in [7, 11) is 1.65. The van der Waals surface area contributed by atoms with Crippen LogP contribution in [0.3, 0.4) is 0 Å². The molecule has 4 nitrogen and oxygen atoms in total. The van der Waals surface area contributed by atoms with Crippen LogP contribution in [0.2, 0.25) is 0 Å². The molecule has 0 aliphatic heterocycles. The molecule has 0 saturated heterocycles. The fourth-order valence-electron chi connectivity index (χ4n) is 2.21. The molecule has 20 heavy (non-hydrogen) atoms. The van der Waals surface area contributed by atoms with E-state index in [1.54, 1.807) is 7.05 Å². The second-order valence-electron chi connectivity index (χ2n) is 5.39. The van der Waals surface area contributed by atoms with Crippen LogP contribution in [-0.2, 0) is 11.3 Å². The summed E-state index contributed by atoms with van der Waals surface area (Å²) < 4.78 is 2.60. The molecule has 0 bridgehead atoms. The molecule has 0 atom stereocenters. The van der Waals surface area contributed by atoms with E-state index in [0.29, 0.717) is 11.3 Å². The van der Waals surface area contributed by atoms with Gasteiger partial charge in [-0.3, -0.25) is 4.79 Å². The molecule has 0 spiro atoms. The van der Waals surface area contributed by atoms with E-state index in [1.807, 2.05) is 54.9 Å². The number of imidazole rings is 1. The third-order valence-corrected chi connectivity index (χ3v) is 3.67. The molecule has 0 unspecified atom stereocenters. The Balaban J connectivity index is 2.41. The minimum absolute atomic E-state index is 0.000360. The van der Waals surface area contributed by atoms with E-state index in [2.05, 4.69) is 10.3 Å². The number of rotatable bonds is 4. The Morgan fingerprint density at radius 1 is 1.35 bits per heavy atom. The Hall–Kier alpha value is -1.88. The summed E-state index contributed by atoms with van der Waals surface area (Å²) in [5.41, 5.74) is 1.54. The van der Waals surface area contributed by atoms with Gasteiger partial charge >= 0.3 is 0 Å². The summed E-state index contributed by atoms with van der Waals surface area (Å²) in [6.07, 6.45) is 1.89. The lowest BCUT2D eigenvalue weighted by molar-refractivity contribution is -0.129. The first-order chi connectivity index (χ1) is 9.45. The van der Waals surface area contributed by atoms with Crippen molar-refractivity contribution in [1.82, 2.24) is 14.9 Å². The van der Waals surface area contributed by atoms with Crippen molar-refractivity contribution in [3.05, 3.63) is 41.3 Å². The third kappa shape index (κ3) is 2.82. The van der Waals surface area contributed by atoms with Gasteiger partial charge in [0.05, 0.1) is 11.1 Å². The Labute approximate surface area is 123 Å². The number of nitrogens with zero attached hydrogens (tertiary/aromatic N) is 1. The minimum Gasteiger partial charge on any atom is -0.359 e. The average molecular weight is 289 g/mol. The summed E-state index contributed by atoms with van der Waals surface area (Å²) in [5.74, 6) is -0.000360. The fraction of sp³-hybridized carbons (Fsp3) is 0.333. The first kappa shape index (κ1) is 14.5. The molecular weight excluding hydrogens is 270 g/mol. The van der Waals surface area contributed by atoms with Crippen molar-refractivity contribution in [3.63, 3.8) is 0 Å². The topological polar surface area (TPSA) is 49.8 Å². The lowest BCUT2D eigenvalue weighted by Crippen LogP contribution is -2.37. The average Bonchev–Trinajstić information content (AvgIpc) is 2.79. The SMILES string of the molecule is CNC(=O)C(C)(C)Cn1c(-c2ccccc2)c[nH]c1=S. The van der Waals surface area contributed by atoms with Gasteiger partial charge in [0.1, 0.15) is 0 Å². The number of carbonyl (C=O) groups excluding carboxylic acids is 1. The first-order valence-electron chi connectivity index (χ1n) is 6.51. The number of amides is 1. The van der Waals surface area contributed by atoms with E-state index in [-0.39, 0.29) is 5.91 Å². The van der Waals surface area contributed by atoms with Crippen molar-refractivity contribution in [2.45, 2.75) is 20.4 Å². The molecule has 1 heterocycles. The molecule has 2 rings (SSSR count). The third-order valence-electron chi connectivity index (χ3n) is 3.33. The highest BCUT2D eigenvalue weighted by Gasteiger charge is 2.28. The van der Waals surface area contributed by atoms with E-state index >= 15 is 0 Å². The molecule has 0 aliphatic rings. The molecule has 0 radical (unpaired) electrons. The maximum Gasteiger partial charge on any atom is 0.227 e. The van der Waals surface area contributed by atoms with Crippen LogP contribution in [0.25, 0.3) is 11.3 Å². The zero-order valence-electron chi connectivity index (χ0n) is 11.9. The Morgan fingerprint density at radius 3 is 2.60 bits per heavy atom. The van der Waals surface area contributed by atoms with Crippen molar-refractivity contribution in [2.75, 3.05) is 7.05 Å². The van der Waals surface area contributed by atoms with E-state index in [0.717, 1.165) is 11.3 Å². The molecule has 2 N–H and O–H groups in total. The molecule has 1 amide bonds. The predicted molar refractivity (Wildman–Crippen MR) is 82.9 cm³/mol. The zero-order valence-corrected chi connectivity index (χ0v) is 12.8. The van der Waals surface area contributed by atoms with Gasteiger partial charge in [0.15, 0.2) is 4.77 Å². The van der Waals surface area contributed by atoms with Gasteiger partial charge in [-0.15, -0.1) is 0 Å². The monoisotopic (exact) mass is 289 g/mol. The van der Waals surface area contributed by atoms with Gasteiger partial charge in [-0.1, -0.05) is 30.3 Å². The smallest absolute Gasteiger partial charge is 0.227 e. The number of carbonyl (C=O) groups is 1. The molecule has 1 aromatic heterocycles. The van der Waals surface area contributed by atoms with Crippen LogP contribution >= 0.6 is 12.2 Å². The molecule has 5 heteroatoms. The largest absolute Gasteiger partial charge is 0.359 e. The van der Waals surface area contributed by atoms with Crippen molar-refractivity contribution >= 4 is 18.1 Å². The van der Waals surface area contributed by atoms with Gasteiger partial charge in [-0.05, 0) is 31.6 Å². The minimum atomic E-state index is -0.529. The highest BCUT2D eigenvalue weighted by Crippen LogP contribution is 2.25. The molecule has 0 aliphatic carbocycles. The van der Waals surface area contributed by atoms with Crippen LogP contribution in [-0.4, -0.2) is 22.5 Å². The van der Waals surface area contributed by atoms with Gasteiger partial charge in [0.2, 0.25) is 5.91 Å². The molecule has 1 aromatic carbocycles. The summed E-state index contributed by atoms with van der Waals surface area (Å²) in [6, 6.07) is 10.0. The van der Waals surface area contributed by atoms with E-state index in [1.165, 1.54) is 0 Å². The Bertz CT molecular complexity index is 655. The number of aromatic amines is 1. The summed E-state index contributed by atoms with van der Waals surface area (Å²) >= 11 is 5.34. The van der Waals surface area contributed by atoms with Crippen LogP contribution in [0.15, 0.2) is 36.5 Å². The van der Waals surface area contributed by atoms with Crippen LogP contribution in [0.5, 0.6) is 0 Å². The maximum absolute atomic E-state index is 12.0. The first-order valence-corrected chi connectivity index (χ1v) is 6.92. The number of H-pyrrole nitrogens is 1. The van der Waals surface area contributed by atoms with Crippen molar-refractivity contribution in [2.24, 2.45) is 5.41 Å². The molecule has 106 valence electrons. The van der Waals surface area contributed by atoms with Crippen molar-refractivity contribution in [3.8, 4) is 11.3 Å².